The van der Waals surface area contributed by atoms with Crippen molar-refractivity contribution in [2.45, 2.75) is 38.1 Å². The van der Waals surface area contributed by atoms with Crippen LogP contribution in [0, 0.1) is 0 Å². The van der Waals surface area contributed by atoms with Crippen molar-refractivity contribution in [3.63, 3.8) is 0 Å². The number of hydrogen-bond donors (Lipinski definition) is 0. The molecule has 1 aliphatic heterocycles. The van der Waals surface area contributed by atoms with Crippen molar-refractivity contribution in [1.29, 1.82) is 0 Å². The number of carbonyl (C=O) groups is 2. The van der Waals surface area contributed by atoms with Crippen LogP contribution in [0.3, 0.4) is 0 Å². The van der Waals surface area contributed by atoms with E-state index in [9.17, 15) is 9.59 Å². The normalized spacial score (nSPS) is 25.1. The SMILES string of the molecule is O=C1CN(C2CCCCC2)C(=O)O1. The van der Waals surface area contributed by atoms with Gasteiger partial charge < -0.3 is 4.74 Å². The highest BCUT2D eigenvalue weighted by atomic mass is 16.6. The Morgan fingerprint density at radius 1 is 1.15 bits per heavy atom. The summed E-state index contributed by atoms with van der Waals surface area (Å²) in [5.41, 5.74) is 0. The summed E-state index contributed by atoms with van der Waals surface area (Å²) in [6.07, 6.45) is 5.14. The molecule has 2 aliphatic rings. The van der Waals surface area contributed by atoms with E-state index in [0.717, 1.165) is 25.7 Å². The largest absolute Gasteiger partial charge is 0.418 e. The van der Waals surface area contributed by atoms with Gasteiger partial charge >= 0.3 is 12.1 Å². The Kier molecular flexibility index (Phi) is 2.20. The molecule has 4 heteroatoms. The Morgan fingerprint density at radius 3 is 2.38 bits per heavy atom. The minimum Gasteiger partial charge on any atom is -0.375 e. The van der Waals surface area contributed by atoms with Gasteiger partial charge in [-0.25, -0.2) is 9.59 Å². The van der Waals surface area contributed by atoms with Crippen LogP contribution in [0.1, 0.15) is 32.1 Å². The van der Waals surface area contributed by atoms with E-state index < -0.39 is 12.1 Å². The van der Waals surface area contributed by atoms with Crippen LogP contribution in [-0.2, 0) is 9.53 Å². The van der Waals surface area contributed by atoms with Gasteiger partial charge in [-0.2, -0.15) is 0 Å². The number of carbonyl (C=O) groups excluding carboxylic acids is 2. The number of esters is 1. The van der Waals surface area contributed by atoms with Crippen LogP contribution in [0.5, 0.6) is 0 Å². The second-order valence-electron chi connectivity index (χ2n) is 3.66. The molecule has 2 rings (SSSR count). The predicted molar refractivity (Wildman–Crippen MR) is 45.1 cm³/mol. The standard InChI is InChI=1S/C9H13NO3/c11-8-6-10(9(12)13-8)7-4-2-1-3-5-7/h7H,1-6H2. The molecule has 4 nitrogen and oxygen atoms in total. The van der Waals surface area contributed by atoms with E-state index in [-0.39, 0.29) is 12.6 Å². The summed E-state index contributed by atoms with van der Waals surface area (Å²) in [5, 5.41) is 0. The summed E-state index contributed by atoms with van der Waals surface area (Å²) in [7, 11) is 0. The lowest BCUT2D eigenvalue weighted by Crippen LogP contribution is -2.37. The predicted octanol–water partition coefficient (Wildman–Crippen LogP) is 1.30. The first-order chi connectivity index (χ1) is 6.27. The van der Waals surface area contributed by atoms with Crippen LogP contribution in [0.2, 0.25) is 0 Å². The number of nitrogens with zero attached hydrogens (tertiary/aromatic N) is 1. The lowest BCUT2D eigenvalue weighted by molar-refractivity contribution is -0.133. The molecule has 0 radical (unpaired) electrons. The summed E-state index contributed by atoms with van der Waals surface area (Å²) in [6.45, 7) is 0.156. The average molecular weight is 183 g/mol. The van der Waals surface area contributed by atoms with Gasteiger partial charge in [0.15, 0.2) is 0 Å². The van der Waals surface area contributed by atoms with Gasteiger partial charge in [0, 0.05) is 6.04 Å². The summed E-state index contributed by atoms with van der Waals surface area (Å²) in [5.74, 6) is -0.407. The van der Waals surface area contributed by atoms with Gasteiger partial charge in [-0.1, -0.05) is 19.3 Å². The van der Waals surface area contributed by atoms with Crippen molar-refractivity contribution in [3.8, 4) is 0 Å². The maximum atomic E-state index is 11.2. The lowest BCUT2D eigenvalue weighted by atomic mass is 9.94. The Balaban J connectivity index is 1.99. The molecular formula is C9H13NO3. The molecule has 2 fully saturated rings. The second kappa shape index (κ2) is 3.36. The molecule has 72 valence electrons. The van der Waals surface area contributed by atoms with E-state index in [1.165, 1.54) is 6.42 Å². The van der Waals surface area contributed by atoms with Crippen LogP contribution in [0.25, 0.3) is 0 Å². The van der Waals surface area contributed by atoms with Gasteiger partial charge in [0.05, 0.1) is 0 Å². The third kappa shape index (κ3) is 1.66. The first-order valence-electron chi connectivity index (χ1n) is 4.78. The van der Waals surface area contributed by atoms with Crippen molar-refractivity contribution in [1.82, 2.24) is 4.90 Å². The van der Waals surface area contributed by atoms with Gasteiger partial charge in [-0.05, 0) is 12.8 Å². The first kappa shape index (κ1) is 8.53. The highest BCUT2D eigenvalue weighted by molar-refractivity contribution is 5.93. The Bertz CT molecular complexity index is 233. The molecule has 0 spiro atoms. The molecular weight excluding hydrogens is 170 g/mol. The van der Waals surface area contributed by atoms with Crippen molar-refractivity contribution in [3.05, 3.63) is 0 Å². The van der Waals surface area contributed by atoms with Crippen LogP contribution in [-0.4, -0.2) is 29.5 Å². The third-order valence-corrected chi connectivity index (χ3v) is 2.75. The van der Waals surface area contributed by atoms with Crippen molar-refractivity contribution >= 4 is 12.1 Å². The monoisotopic (exact) mass is 183 g/mol. The van der Waals surface area contributed by atoms with Gasteiger partial charge in [-0.15, -0.1) is 0 Å². The molecule has 0 atom stereocenters. The Hall–Kier alpha value is -1.06. The van der Waals surface area contributed by atoms with E-state index in [1.54, 1.807) is 4.90 Å². The fraction of sp³-hybridized carbons (Fsp3) is 0.778. The molecule has 1 amide bonds. The van der Waals surface area contributed by atoms with Crippen molar-refractivity contribution < 1.29 is 14.3 Å². The average Bonchev–Trinajstić information content (AvgIpc) is 2.47. The highest BCUT2D eigenvalue weighted by Gasteiger charge is 2.35. The third-order valence-electron chi connectivity index (χ3n) is 2.75. The maximum absolute atomic E-state index is 11.2. The van der Waals surface area contributed by atoms with Gasteiger partial charge in [0.2, 0.25) is 0 Å². The van der Waals surface area contributed by atoms with Crippen LogP contribution in [0.4, 0.5) is 4.79 Å². The van der Waals surface area contributed by atoms with E-state index in [2.05, 4.69) is 4.74 Å². The zero-order chi connectivity index (χ0) is 9.26. The smallest absolute Gasteiger partial charge is 0.375 e. The molecule has 0 aromatic rings. The lowest BCUT2D eigenvalue weighted by Gasteiger charge is -2.28. The molecule has 0 aromatic heterocycles. The molecule has 13 heavy (non-hydrogen) atoms. The van der Waals surface area contributed by atoms with E-state index in [0.29, 0.717) is 0 Å². The van der Waals surface area contributed by atoms with Gasteiger partial charge in [-0.3, -0.25) is 4.90 Å². The molecule has 0 aromatic carbocycles. The van der Waals surface area contributed by atoms with Crippen LogP contribution < -0.4 is 0 Å². The first-order valence-corrected chi connectivity index (χ1v) is 4.78. The fourth-order valence-corrected chi connectivity index (χ4v) is 2.06. The second-order valence-corrected chi connectivity index (χ2v) is 3.66. The quantitative estimate of drug-likeness (QED) is 0.454. The molecule has 1 saturated heterocycles. The van der Waals surface area contributed by atoms with Crippen molar-refractivity contribution in [2.75, 3.05) is 6.54 Å². The van der Waals surface area contributed by atoms with E-state index in [1.807, 2.05) is 0 Å². The summed E-state index contributed by atoms with van der Waals surface area (Å²) in [4.78, 5) is 23.6. The number of amides is 1. The highest BCUT2D eigenvalue weighted by Crippen LogP contribution is 2.24. The van der Waals surface area contributed by atoms with Crippen molar-refractivity contribution in [2.24, 2.45) is 0 Å². The summed E-state index contributed by atoms with van der Waals surface area (Å²) in [6, 6.07) is 0.243. The van der Waals surface area contributed by atoms with Crippen LogP contribution >= 0.6 is 0 Å². The molecule has 1 aliphatic carbocycles. The molecule has 1 saturated carbocycles. The molecule has 0 N–H and O–H groups in total. The zero-order valence-corrected chi connectivity index (χ0v) is 7.49. The Labute approximate surface area is 76.8 Å². The fourth-order valence-electron chi connectivity index (χ4n) is 2.06. The minimum absolute atomic E-state index is 0.156. The molecule has 0 bridgehead atoms. The van der Waals surface area contributed by atoms with E-state index >= 15 is 0 Å². The topological polar surface area (TPSA) is 46.6 Å². The summed E-state index contributed by atoms with van der Waals surface area (Å²) < 4.78 is 4.48. The number of rotatable bonds is 1. The number of cyclic esters (lactones) is 2. The van der Waals surface area contributed by atoms with Gasteiger partial charge in [0.25, 0.3) is 0 Å². The van der Waals surface area contributed by atoms with Gasteiger partial charge in [0.1, 0.15) is 6.54 Å². The number of hydrogen-bond acceptors (Lipinski definition) is 3. The van der Waals surface area contributed by atoms with E-state index in [4.69, 9.17) is 0 Å². The minimum atomic E-state index is -0.447. The van der Waals surface area contributed by atoms with Crippen LogP contribution in [0.15, 0.2) is 0 Å². The molecule has 1 heterocycles. The maximum Gasteiger partial charge on any atom is 0.418 e. The molecule has 0 unspecified atom stereocenters. The zero-order valence-electron chi connectivity index (χ0n) is 7.49. The summed E-state index contributed by atoms with van der Waals surface area (Å²) >= 11 is 0. The number of ether oxygens (including phenoxy) is 1. The Morgan fingerprint density at radius 2 is 1.85 bits per heavy atom.